The number of hydrogen-bond donors (Lipinski definition) is 1. The Morgan fingerprint density at radius 2 is 2.06 bits per heavy atom. The van der Waals surface area contributed by atoms with E-state index < -0.39 is 5.54 Å². The summed E-state index contributed by atoms with van der Waals surface area (Å²) in [5.41, 5.74) is 6.00. The summed E-state index contributed by atoms with van der Waals surface area (Å²) in [5, 5.41) is 4.02. The smallest absolute Gasteiger partial charge is 0.226 e. The molecule has 1 aromatic heterocycles. The first kappa shape index (κ1) is 12.5. The molecule has 0 radical (unpaired) electrons. The van der Waals surface area contributed by atoms with Crippen LogP contribution in [0.1, 0.15) is 45.3 Å². The molecule has 0 aromatic carbocycles. The fourth-order valence-corrected chi connectivity index (χ4v) is 2.26. The Kier molecular flexibility index (Phi) is 3.49. The van der Waals surface area contributed by atoms with Crippen molar-refractivity contribution in [1.29, 1.82) is 0 Å². The number of likely N-dealkylation sites (tertiary alicyclic amines) is 1. The van der Waals surface area contributed by atoms with Gasteiger partial charge in [0.15, 0.2) is 5.82 Å². The molecule has 0 bridgehead atoms. The quantitative estimate of drug-likeness (QED) is 0.859. The van der Waals surface area contributed by atoms with Gasteiger partial charge < -0.3 is 15.2 Å². The lowest BCUT2D eigenvalue weighted by molar-refractivity contribution is 0.125. The second kappa shape index (κ2) is 4.74. The van der Waals surface area contributed by atoms with Gasteiger partial charge in [-0.2, -0.15) is 4.98 Å². The minimum atomic E-state index is -0.400. The Labute approximate surface area is 102 Å². The molecule has 1 aliphatic rings. The van der Waals surface area contributed by atoms with Gasteiger partial charge in [0.2, 0.25) is 5.89 Å². The van der Waals surface area contributed by atoms with E-state index in [9.17, 15) is 0 Å². The fourth-order valence-electron chi connectivity index (χ4n) is 2.26. The van der Waals surface area contributed by atoms with Crippen molar-refractivity contribution in [2.45, 2.75) is 51.6 Å². The molecule has 1 aromatic rings. The number of nitrogens with zero attached hydrogens (tertiary/aromatic N) is 3. The molecule has 0 aliphatic carbocycles. The highest BCUT2D eigenvalue weighted by atomic mass is 16.5. The van der Waals surface area contributed by atoms with Crippen molar-refractivity contribution >= 4 is 0 Å². The minimum Gasteiger partial charge on any atom is -0.339 e. The first-order valence-corrected chi connectivity index (χ1v) is 6.41. The molecule has 0 saturated carbocycles. The van der Waals surface area contributed by atoms with Crippen molar-refractivity contribution in [3.63, 3.8) is 0 Å². The van der Waals surface area contributed by atoms with Crippen molar-refractivity contribution in [3.8, 4) is 0 Å². The molecule has 0 spiro atoms. The van der Waals surface area contributed by atoms with E-state index in [0.717, 1.165) is 32.4 Å². The lowest BCUT2D eigenvalue weighted by atomic mass is 9.87. The molecule has 2 N–H and O–H groups in total. The van der Waals surface area contributed by atoms with Crippen LogP contribution >= 0.6 is 0 Å². The third-order valence-corrected chi connectivity index (χ3v) is 3.64. The van der Waals surface area contributed by atoms with E-state index in [1.807, 2.05) is 6.92 Å². The molecular weight excluding hydrogens is 216 g/mol. The zero-order valence-electron chi connectivity index (χ0n) is 10.9. The number of hydrogen-bond acceptors (Lipinski definition) is 5. The van der Waals surface area contributed by atoms with E-state index in [4.69, 9.17) is 10.3 Å². The maximum atomic E-state index is 6.40. The Morgan fingerprint density at radius 1 is 1.41 bits per heavy atom. The van der Waals surface area contributed by atoms with Crippen LogP contribution < -0.4 is 5.73 Å². The summed E-state index contributed by atoms with van der Waals surface area (Å²) in [6.07, 6.45) is 2.56. The van der Waals surface area contributed by atoms with Crippen LogP contribution in [0.3, 0.4) is 0 Å². The average Bonchev–Trinajstić information content (AvgIpc) is 2.78. The molecule has 0 atom stereocenters. The van der Waals surface area contributed by atoms with Crippen LogP contribution in [0.4, 0.5) is 0 Å². The normalized spacial score (nSPS) is 21.0. The molecule has 2 rings (SSSR count). The van der Waals surface area contributed by atoms with Gasteiger partial charge in [-0.25, -0.2) is 0 Å². The summed E-state index contributed by atoms with van der Waals surface area (Å²) in [4.78, 5) is 6.81. The van der Waals surface area contributed by atoms with Gasteiger partial charge in [0.25, 0.3) is 0 Å². The van der Waals surface area contributed by atoms with Crippen LogP contribution in [0, 0.1) is 0 Å². The predicted octanol–water partition coefficient (Wildman–Crippen LogP) is 1.29. The van der Waals surface area contributed by atoms with E-state index in [1.54, 1.807) is 0 Å². The summed E-state index contributed by atoms with van der Waals surface area (Å²) in [7, 11) is 0. The third kappa shape index (κ3) is 2.50. The van der Waals surface area contributed by atoms with Gasteiger partial charge >= 0.3 is 0 Å². The first-order valence-electron chi connectivity index (χ1n) is 6.41. The van der Waals surface area contributed by atoms with Crippen molar-refractivity contribution in [1.82, 2.24) is 15.0 Å². The van der Waals surface area contributed by atoms with Gasteiger partial charge in [-0.05, 0) is 26.7 Å². The van der Waals surface area contributed by atoms with E-state index in [1.165, 1.54) is 0 Å². The van der Waals surface area contributed by atoms with Crippen molar-refractivity contribution in [2.75, 3.05) is 13.1 Å². The summed E-state index contributed by atoms with van der Waals surface area (Å²) in [6.45, 7) is 8.44. The molecule has 0 amide bonds. The molecule has 17 heavy (non-hydrogen) atoms. The highest BCUT2D eigenvalue weighted by Crippen LogP contribution is 2.29. The number of piperidine rings is 1. The van der Waals surface area contributed by atoms with Crippen LogP contribution in [0.15, 0.2) is 4.52 Å². The van der Waals surface area contributed by atoms with Crippen molar-refractivity contribution < 1.29 is 4.52 Å². The average molecular weight is 238 g/mol. The molecule has 5 heteroatoms. The molecule has 1 saturated heterocycles. The Morgan fingerprint density at radius 3 is 2.53 bits per heavy atom. The molecule has 2 heterocycles. The van der Waals surface area contributed by atoms with E-state index in [-0.39, 0.29) is 0 Å². The molecule has 0 unspecified atom stereocenters. The molecule has 96 valence electrons. The summed E-state index contributed by atoms with van der Waals surface area (Å²) in [5.74, 6) is 1.36. The third-order valence-electron chi connectivity index (χ3n) is 3.64. The SMILES string of the molecule is CCc1nc(C2(N)CCN(C(C)C)CC2)no1. The van der Waals surface area contributed by atoms with Crippen LogP contribution in [-0.4, -0.2) is 34.2 Å². The number of aromatic nitrogens is 2. The maximum absolute atomic E-state index is 6.40. The monoisotopic (exact) mass is 238 g/mol. The van der Waals surface area contributed by atoms with Crippen LogP contribution in [-0.2, 0) is 12.0 Å². The van der Waals surface area contributed by atoms with Crippen molar-refractivity contribution in [3.05, 3.63) is 11.7 Å². The topological polar surface area (TPSA) is 68.2 Å². The molecule has 1 fully saturated rings. The lowest BCUT2D eigenvalue weighted by Crippen LogP contribution is -2.50. The van der Waals surface area contributed by atoms with Gasteiger partial charge in [-0.15, -0.1) is 0 Å². The second-order valence-electron chi connectivity index (χ2n) is 5.15. The molecular formula is C12H22N4O. The van der Waals surface area contributed by atoms with Gasteiger partial charge in [-0.3, -0.25) is 0 Å². The maximum Gasteiger partial charge on any atom is 0.226 e. The molecule has 5 nitrogen and oxygen atoms in total. The number of rotatable bonds is 3. The summed E-state index contributed by atoms with van der Waals surface area (Å²) in [6, 6.07) is 0.580. The second-order valence-corrected chi connectivity index (χ2v) is 5.15. The van der Waals surface area contributed by atoms with Gasteiger partial charge in [0.1, 0.15) is 0 Å². The van der Waals surface area contributed by atoms with Gasteiger partial charge in [0.05, 0.1) is 5.54 Å². The summed E-state index contributed by atoms with van der Waals surface area (Å²) < 4.78 is 5.15. The first-order chi connectivity index (χ1) is 8.05. The highest BCUT2D eigenvalue weighted by Gasteiger charge is 2.36. The number of aryl methyl sites for hydroxylation is 1. The standard InChI is InChI=1S/C12H22N4O/c1-4-10-14-11(15-17-10)12(13)5-7-16(8-6-12)9(2)3/h9H,4-8,13H2,1-3H3. The van der Waals surface area contributed by atoms with E-state index >= 15 is 0 Å². The van der Waals surface area contributed by atoms with E-state index in [0.29, 0.717) is 17.8 Å². The fraction of sp³-hybridized carbons (Fsp3) is 0.833. The molecule has 1 aliphatic heterocycles. The van der Waals surface area contributed by atoms with Crippen LogP contribution in [0.2, 0.25) is 0 Å². The zero-order chi connectivity index (χ0) is 12.5. The largest absolute Gasteiger partial charge is 0.339 e. The van der Waals surface area contributed by atoms with Crippen LogP contribution in [0.5, 0.6) is 0 Å². The highest BCUT2D eigenvalue weighted by molar-refractivity contribution is 5.06. The Hall–Kier alpha value is -0.940. The van der Waals surface area contributed by atoms with Gasteiger partial charge in [-0.1, -0.05) is 12.1 Å². The zero-order valence-corrected chi connectivity index (χ0v) is 10.9. The van der Waals surface area contributed by atoms with E-state index in [2.05, 4.69) is 28.9 Å². The Balaban J connectivity index is 2.06. The van der Waals surface area contributed by atoms with Gasteiger partial charge in [0, 0.05) is 25.6 Å². The van der Waals surface area contributed by atoms with Crippen molar-refractivity contribution in [2.24, 2.45) is 5.73 Å². The number of nitrogens with two attached hydrogens (primary N) is 1. The van der Waals surface area contributed by atoms with Crippen LogP contribution in [0.25, 0.3) is 0 Å². The lowest BCUT2D eigenvalue weighted by Gasteiger charge is -2.39. The minimum absolute atomic E-state index is 0.400. The Bertz CT molecular complexity index is 366. The summed E-state index contributed by atoms with van der Waals surface area (Å²) >= 11 is 0. The predicted molar refractivity (Wildman–Crippen MR) is 65.5 cm³/mol.